The van der Waals surface area contributed by atoms with E-state index >= 15 is 0 Å². The molecule has 1 aliphatic heterocycles. The summed E-state index contributed by atoms with van der Waals surface area (Å²) in [6, 6.07) is 3.91. The molecule has 3 rings (SSSR count). The molecule has 1 aliphatic carbocycles. The number of rotatable bonds is 9. The number of aldehydes is 2. The number of hydrogen-bond donors (Lipinski definition) is 1. The first-order chi connectivity index (χ1) is 14.9. The topological polar surface area (TPSA) is 117 Å². The third kappa shape index (κ3) is 4.63. The maximum atomic E-state index is 13.0. The maximum Gasteiger partial charge on any atom is 0.268 e. The Morgan fingerprint density at radius 1 is 1.39 bits per heavy atom. The predicted octanol–water partition coefficient (Wildman–Crippen LogP) is 1.76. The monoisotopic (exact) mass is 423 g/mol. The Labute approximate surface area is 182 Å². The SMILES string of the molecule is CNC(=O)C(CCC=O)N(C)C(=O)c1ccc(OC2CC3(CB(C#N)C3)C2)cc1C=O. The molecule has 1 N–H and O–H groups in total. The van der Waals surface area contributed by atoms with Gasteiger partial charge in [0.1, 0.15) is 18.1 Å². The third-order valence-corrected chi connectivity index (χ3v) is 6.44. The first kappa shape index (κ1) is 22.5. The standard InChI is InChI=1S/C22H26BN3O5/c1-25-20(29)19(4-3-7-27)26(2)21(30)18-6-5-16(8-15(18)11-28)31-17-9-22(10-17)12-23(13-22)14-24/h5-8,11,17,19H,3-4,9-10,12-13H2,1-2H3,(H,25,29). The number of amides is 2. The summed E-state index contributed by atoms with van der Waals surface area (Å²) in [6.45, 7) is 0.162. The molecule has 1 atom stereocenters. The molecule has 1 saturated heterocycles. The van der Waals surface area contributed by atoms with Crippen molar-refractivity contribution in [3.8, 4) is 11.7 Å². The zero-order chi connectivity index (χ0) is 22.6. The average molecular weight is 423 g/mol. The number of nitrogens with one attached hydrogen (secondary N) is 1. The molecule has 1 spiro atoms. The predicted molar refractivity (Wildman–Crippen MR) is 114 cm³/mol. The summed E-state index contributed by atoms with van der Waals surface area (Å²) in [4.78, 5) is 48.8. The number of ether oxygens (including phenoxy) is 1. The average Bonchev–Trinajstić information content (AvgIpc) is 2.73. The van der Waals surface area contributed by atoms with Gasteiger partial charge in [0.2, 0.25) is 5.91 Å². The van der Waals surface area contributed by atoms with Gasteiger partial charge in [-0.1, -0.05) is 12.6 Å². The quantitative estimate of drug-likeness (QED) is 0.478. The summed E-state index contributed by atoms with van der Waals surface area (Å²) in [5, 5.41) is 11.4. The highest BCUT2D eigenvalue weighted by atomic mass is 16.5. The van der Waals surface area contributed by atoms with Crippen molar-refractivity contribution in [2.24, 2.45) is 5.41 Å². The number of nitriles is 1. The molecule has 0 radical (unpaired) electrons. The van der Waals surface area contributed by atoms with Crippen molar-refractivity contribution in [2.75, 3.05) is 14.1 Å². The van der Waals surface area contributed by atoms with Crippen LogP contribution in [0, 0.1) is 16.6 Å². The van der Waals surface area contributed by atoms with Crippen LogP contribution >= 0.6 is 0 Å². The van der Waals surface area contributed by atoms with Crippen LogP contribution in [0.5, 0.6) is 5.75 Å². The number of hydrogen-bond acceptors (Lipinski definition) is 6. The van der Waals surface area contributed by atoms with Crippen molar-refractivity contribution in [1.82, 2.24) is 10.2 Å². The van der Waals surface area contributed by atoms with Crippen molar-refractivity contribution >= 4 is 31.1 Å². The van der Waals surface area contributed by atoms with E-state index in [0.29, 0.717) is 18.3 Å². The Morgan fingerprint density at radius 3 is 2.68 bits per heavy atom. The van der Waals surface area contributed by atoms with E-state index in [-0.39, 0.29) is 48.1 Å². The Hall–Kier alpha value is -3.15. The highest BCUT2D eigenvalue weighted by Crippen LogP contribution is 2.57. The van der Waals surface area contributed by atoms with Crippen LogP contribution in [0.2, 0.25) is 12.6 Å². The summed E-state index contributed by atoms with van der Waals surface area (Å²) in [6.07, 6.45) is 5.33. The molecule has 1 heterocycles. The molecule has 9 heteroatoms. The number of benzene rings is 1. The lowest BCUT2D eigenvalue weighted by Crippen LogP contribution is -2.54. The molecular formula is C22H26BN3O5. The number of nitrogens with zero attached hydrogens (tertiary/aromatic N) is 2. The normalized spacial score (nSPS) is 17.5. The molecule has 1 unspecified atom stereocenters. The fourth-order valence-corrected chi connectivity index (χ4v) is 4.72. The van der Waals surface area contributed by atoms with Crippen LogP contribution in [-0.4, -0.2) is 62.2 Å². The molecule has 8 nitrogen and oxygen atoms in total. The fourth-order valence-electron chi connectivity index (χ4n) is 4.72. The fraction of sp³-hybridized carbons (Fsp3) is 0.500. The van der Waals surface area contributed by atoms with E-state index in [4.69, 9.17) is 10.00 Å². The van der Waals surface area contributed by atoms with E-state index in [9.17, 15) is 19.2 Å². The molecule has 2 aliphatic rings. The van der Waals surface area contributed by atoms with Crippen LogP contribution in [0.15, 0.2) is 18.2 Å². The second-order valence-electron chi connectivity index (χ2n) is 8.54. The van der Waals surface area contributed by atoms with Crippen LogP contribution in [0.4, 0.5) is 0 Å². The molecular weight excluding hydrogens is 397 g/mol. The summed E-state index contributed by atoms with van der Waals surface area (Å²) < 4.78 is 5.97. The van der Waals surface area contributed by atoms with Crippen molar-refractivity contribution in [2.45, 2.75) is 50.5 Å². The van der Waals surface area contributed by atoms with Gasteiger partial charge >= 0.3 is 0 Å². The first-order valence-electron chi connectivity index (χ1n) is 10.4. The van der Waals surface area contributed by atoms with Crippen LogP contribution < -0.4 is 10.1 Å². The number of likely N-dealkylation sites (N-methyl/N-ethyl adjacent to an activating group) is 2. The first-order valence-corrected chi connectivity index (χ1v) is 10.4. The zero-order valence-corrected chi connectivity index (χ0v) is 17.8. The van der Waals surface area contributed by atoms with E-state index in [1.807, 2.05) is 0 Å². The molecule has 0 aromatic heterocycles. The van der Waals surface area contributed by atoms with Gasteiger partial charge in [-0.3, -0.25) is 14.4 Å². The molecule has 2 fully saturated rings. The van der Waals surface area contributed by atoms with E-state index in [1.54, 1.807) is 6.07 Å². The Morgan fingerprint density at radius 2 is 2.10 bits per heavy atom. The van der Waals surface area contributed by atoms with E-state index in [2.05, 4.69) is 11.3 Å². The summed E-state index contributed by atoms with van der Waals surface area (Å²) in [5.74, 6) is 1.96. The zero-order valence-electron chi connectivity index (χ0n) is 17.8. The van der Waals surface area contributed by atoms with Gasteiger partial charge in [0.05, 0.1) is 11.7 Å². The second-order valence-corrected chi connectivity index (χ2v) is 8.54. The molecule has 31 heavy (non-hydrogen) atoms. The molecule has 2 amide bonds. The van der Waals surface area contributed by atoms with Crippen LogP contribution in [0.3, 0.4) is 0 Å². The van der Waals surface area contributed by atoms with Crippen LogP contribution in [0.25, 0.3) is 0 Å². The second kappa shape index (κ2) is 9.33. The molecule has 0 bridgehead atoms. The molecule has 162 valence electrons. The maximum absolute atomic E-state index is 13.0. The molecule has 1 aromatic carbocycles. The summed E-state index contributed by atoms with van der Waals surface area (Å²) >= 11 is 0. The Balaban J connectivity index is 1.67. The number of carbonyl (C=O) groups excluding carboxylic acids is 4. The van der Waals surface area contributed by atoms with Gasteiger partial charge in [0.25, 0.3) is 12.6 Å². The summed E-state index contributed by atoms with van der Waals surface area (Å²) in [7, 11) is 2.94. The van der Waals surface area contributed by atoms with Gasteiger partial charge in [0.15, 0.2) is 6.29 Å². The van der Waals surface area contributed by atoms with Crippen molar-refractivity contribution in [3.05, 3.63) is 29.3 Å². The largest absolute Gasteiger partial charge is 0.490 e. The van der Waals surface area contributed by atoms with Gasteiger partial charge in [0, 0.05) is 32.0 Å². The smallest absolute Gasteiger partial charge is 0.268 e. The van der Waals surface area contributed by atoms with Gasteiger partial charge in [-0.15, -0.1) is 0 Å². The van der Waals surface area contributed by atoms with Crippen molar-refractivity contribution in [3.63, 3.8) is 0 Å². The highest BCUT2D eigenvalue weighted by Gasteiger charge is 2.55. The lowest BCUT2D eigenvalue weighted by molar-refractivity contribution is -0.125. The lowest BCUT2D eigenvalue weighted by atomic mass is 9.24. The van der Waals surface area contributed by atoms with Crippen molar-refractivity contribution < 1.29 is 23.9 Å². The third-order valence-electron chi connectivity index (χ3n) is 6.44. The van der Waals surface area contributed by atoms with Gasteiger partial charge < -0.3 is 19.7 Å². The van der Waals surface area contributed by atoms with Crippen LogP contribution in [0.1, 0.15) is 46.4 Å². The lowest BCUT2D eigenvalue weighted by Gasteiger charge is -2.54. The highest BCUT2D eigenvalue weighted by molar-refractivity contribution is 6.70. The van der Waals surface area contributed by atoms with E-state index in [1.165, 1.54) is 31.1 Å². The van der Waals surface area contributed by atoms with E-state index in [0.717, 1.165) is 25.5 Å². The van der Waals surface area contributed by atoms with Crippen LogP contribution in [-0.2, 0) is 9.59 Å². The Kier molecular flexibility index (Phi) is 6.79. The van der Waals surface area contributed by atoms with Gasteiger partial charge in [-0.25, -0.2) is 5.26 Å². The van der Waals surface area contributed by atoms with Gasteiger partial charge in [-0.05, 0) is 42.9 Å². The molecule has 1 saturated carbocycles. The Bertz CT molecular complexity index is 914. The number of carbonyl (C=O) groups is 4. The van der Waals surface area contributed by atoms with Gasteiger partial charge in [-0.2, -0.15) is 0 Å². The minimum Gasteiger partial charge on any atom is -0.490 e. The molecule has 1 aromatic rings. The summed E-state index contributed by atoms with van der Waals surface area (Å²) in [5.41, 5.74) is 0.599. The minimum absolute atomic E-state index is 0.0457. The van der Waals surface area contributed by atoms with E-state index < -0.39 is 11.9 Å². The van der Waals surface area contributed by atoms with Crippen molar-refractivity contribution in [1.29, 1.82) is 5.26 Å². The minimum atomic E-state index is -0.816.